The summed E-state index contributed by atoms with van der Waals surface area (Å²) in [6.07, 6.45) is 0.707. The summed E-state index contributed by atoms with van der Waals surface area (Å²) in [4.78, 5) is 17.0. The van der Waals surface area contributed by atoms with E-state index in [-0.39, 0.29) is 16.8 Å². The zero-order valence-electron chi connectivity index (χ0n) is 13.8. The van der Waals surface area contributed by atoms with E-state index in [4.69, 9.17) is 0 Å². The van der Waals surface area contributed by atoms with Crippen LogP contribution in [0.2, 0.25) is 0 Å². The Labute approximate surface area is 143 Å². The van der Waals surface area contributed by atoms with Crippen LogP contribution in [0.5, 0.6) is 0 Å². The van der Waals surface area contributed by atoms with Gasteiger partial charge in [0.1, 0.15) is 5.82 Å². The summed E-state index contributed by atoms with van der Waals surface area (Å²) in [6.45, 7) is 6.58. The molecule has 24 heavy (non-hydrogen) atoms. The number of hydrogen-bond donors (Lipinski definition) is 1. The Bertz CT molecular complexity index is 932. The second-order valence-electron chi connectivity index (χ2n) is 6.29. The molecule has 0 bridgehead atoms. The second-order valence-corrected chi connectivity index (χ2v) is 7.24. The van der Waals surface area contributed by atoms with E-state index in [9.17, 15) is 9.18 Å². The predicted molar refractivity (Wildman–Crippen MR) is 94.4 cm³/mol. The van der Waals surface area contributed by atoms with Gasteiger partial charge in [0.05, 0.1) is 0 Å². The third-order valence-corrected chi connectivity index (χ3v) is 4.81. The number of fused-ring (bicyclic) bond motifs is 1. The quantitative estimate of drug-likeness (QED) is 0.770. The van der Waals surface area contributed by atoms with Crippen LogP contribution < -0.4 is 10.9 Å². The summed E-state index contributed by atoms with van der Waals surface area (Å²) in [6, 6.07) is 8.10. The minimum Gasteiger partial charge on any atom is -0.359 e. The maximum Gasteiger partial charge on any atom is 0.275 e. The van der Waals surface area contributed by atoms with Gasteiger partial charge in [-0.1, -0.05) is 44.2 Å². The average molecular weight is 346 g/mol. The molecule has 1 N–H and O–H groups in total. The van der Waals surface area contributed by atoms with Crippen molar-refractivity contribution in [3.63, 3.8) is 0 Å². The first-order chi connectivity index (χ1) is 11.4. The number of aryl methyl sites for hydroxylation is 1. The van der Waals surface area contributed by atoms with Gasteiger partial charge in [0.2, 0.25) is 10.1 Å². The summed E-state index contributed by atoms with van der Waals surface area (Å²) in [5.74, 6) is -0.247. The predicted octanol–water partition coefficient (Wildman–Crippen LogP) is 3.24. The SMILES string of the molecule is CCc1cc(=O)n2nc(NCC(C)(C)c3cccc(F)c3)sc2n1. The van der Waals surface area contributed by atoms with Crippen LogP contribution in [0.1, 0.15) is 32.0 Å². The van der Waals surface area contributed by atoms with E-state index in [1.54, 1.807) is 12.1 Å². The number of nitrogens with zero attached hydrogens (tertiary/aromatic N) is 3. The fourth-order valence-corrected chi connectivity index (χ4v) is 3.24. The van der Waals surface area contributed by atoms with Gasteiger partial charge in [-0.25, -0.2) is 9.37 Å². The highest BCUT2D eigenvalue weighted by Gasteiger charge is 2.21. The number of rotatable bonds is 5. The van der Waals surface area contributed by atoms with Crippen molar-refractivity contribution in [2.24, 2.45) is 0 Å². The van der Waals surface area contributed by atoms with Gasteiger partial charge >= 0.3 is 0 Å². The molecule has 0 unspecified atom stereocenters. The van der Waals surface area contributed by atoms with E-state index in [0.717, 1.165) is 11.3 Å². The van der Waals surface area contributed by atoms with Gasteiger partial charge in [0.25, 0.3) is 5.56 Å². The normalized spacial score (nSPS) is 11.8. The summed E-state index contributed by atoms with van der Waals surface area (Å²) >= 11 is 1.34. The molecule has 1 aromatic carbocycles. The zero-order chi connectivity index (χ0) is 17.3. The Balaban J connectivity index is 1.82. The lowest BCUT2D eigenvalue weighted by molar-refractivity contribution is 0.546. The van der Waals surface area contributed by atoms with Crippen molar-refractivity contribution in [2.45, 2.75) is 32.6 Å². The molecule has 0 aliphatic carbocycles. The third-order valence-electron chi connectivity index (χ3n) is 3.95. The molecule has 0 amide bonds. The maximum atomic E-state index is 13.4. The molecule has 2 heterocycles. The number of anilines is 1. The first-order valence-corrected chi connectivity index (χ1v) is 8.60. The van der Waals surface area contributed by atoms with Crippen LogP contribution >= 0.6 is 11.3 Å². The fourth-order valence-electron chi connectivity index (χ4n) is 2.42. The van der Waals surface area contributed by atoms with Gasteiger partial charge in [-0.15, -0.1) is 5.10 Å². The number of halogens is 1. The lowest BCUT2D eigenvalue weighted by atomic mass is 9.84. The largest absolute Gasteiger partial charge is 0.359 e. The summed E-state index contributed by atoms with van der Waals surface area (Å²) in [5, 5.41) is 8.14. The van der Waals surface area contributed by atoms with Crippen LogP contribution in [-0.2, 0) is 11.8 Å². The number of nitrogens with one attached hydrogen (secondary N) is 1. The van der Waals surface area contributed by atoms with E-state index in [1.807, 2.05) is 26.8 Å². The van der Waals surface area contributed by atoms with Gasteiger partial charge in [-0.05, 0) is 24.1 Å². The second kappa shape index (κ2) is 6.32. The highest BCUT2D eigenvalue weighted by atomic mass is 32.1. The molecule has 0 atom stereocenters. The minimum atomic E-state index is -0.285. The molecule has 0 aliphatic heterocycles. The van der Waals surface area contributed by atoms with E-state index >= 15 is 0 Å². The lowest BCUT2D eigenvalue weighted by Gasteiger charge is -2.25. The molecule has 0 spiro atoms. The zero-order valence-corrected chi connectivity index (χ0v) is 14.7. The molecular formula is C17H19FN4OS. The first kappa shape index (κ1) is 16.6. The molecule has 0 aliphatic rings. The van der Waals surface area contributed by atoms with Gasteiger partial charge in [0.15, 0.2) is 0 Å². The molecule has 3 aromatic rings. The molecule has 3 rings (SSSR count). The molecule has 126 valence electrons. The summed E-state index contributed by atoms with van der Waals surface area (Å²) < 4.78 is 14.7. The highest BCUT2D eigenvalue weighted by molar-refractivity contribution is 7.20. The third kappa shape index (κ3) is 3.31. The van der Waals surface area contributed by atoms with Gasteiger partial charge < -0.3 is 5.32 Å². The van der Waals surface area contributed by atoms with E-state index < -0.39 is 0 Å². The highest BCUT2D eigenvalue weighted by Crippen LogP contribution is 2.25. The Morgan fingerprint density at radius 1 is 1.33 bits per heavy atom. The molecule has 0 saturated heterocycles. The number of hydrogen-bond acceptors (Lipinski definition) is 5. The van der Waals surface area contributed by atoms with Crippen LogP contribution in [0.15, 0.2) is 35.1 Å². The van der Waals surface area contributed by atoms with Crippen molar-refractivity contribution in [3.05, 3.63) is 57.8 Å². The van der Waals surface area contributed by atoms with E-state index in [0.29, 0.717) is 23.1 Å². The first-order valence-electron chi connectivity index (χ1n) is 7.79. The molecule has 2 aromatic heterocycles. The standard InChI is InChI=1S/C17H19FN4OS/c1-4-13-9-14(23)22-16(20-13)24-15(21-22)19-10-17(2,3)11-6-5-7-12(18)8-11/h5-9H,4,10H2,1-3H3,(H,19,21). The van der Waals surface area contributed by atoms with Crippen LogP contribution in [0.25, 0.3) is 4.96 Å². The van der Waals surface area contributed by atoms with Crippen molar-refractivity contribution in [1.29, 1.82) is 0 Å². The Hall–Kier alpha value is -2.28. The van der Waals surface area contributed by atoms with Crippen LogP contribution in [0, 0.1) is 5.82 Å². The molecular weight excluding hydrogens is 327 g/mol. The van der Waals surface area contributed by atoms with Crippen molar-refractivity contribution in [2.75, 3.05) is 11.9 Å². The molecule has 7 heteroatoms. The van der Waals surface area contributed by atoms with Gasteiger partial charge in [-0.3, -0.25) is 4.79 Å². The minimum absolute atomic E-state index is 0.175. The smallest absolute Gasteiger partial charge is 0.275 e. The molecule has 0 fully saturated rings. The molecule has 5 nitrogen and oxygen atoms in total. The van der Waals surface area contributed by atoms with Crippen molar-refractivity contribution < 1.29 is 4.39 Å². The van der Waals surface area contributed by atoms with Crippen LogP contribution in [0.4, 0.5) is 9.52 Å². The van der Waals surface area contributed by atoms with Gasteiger partial charge in [-0.2, -0.15) is 4.52 Å². The van der Waals surface area contributed by atoms with Crippen LogP contribution in [0.3, 0.4) is 0 Å². The monoisotopic (exact) mass is 346 g/mol. The fraction of sp³-hybridized carbons (Fsp3) is 0.353. The van der Waals surface area contributed by atoms with E-state index in [2.05, 4.69) is 15.4 Å². The van der Waals surface area contributed by atoms with Crippen LogP contribution in [-0.4, -0.2) is 21.1 Å². The van der Waals surface area contributed by atoms with Crippen molar-refractivity contribution in [1.82, 2.24) is 14.6 Å². The maximum absolute atomic E-state index is 13.4. The van der Waals surface area contributed by atoms with Crippen molar-refractivity contribution in [3.8, 4) is 0 Å². The lowest BCUT2D eigenvalue weighted by Crippen LogP contribution is -2.27. The molecule has 0 radical (unpaired) electrons. The summed E-state index contributed by atoms with van der Waals surface area (Å²) in [7, 11) is 0. The Morgan fingerprint density at radius 3 is 2.83 bits per heavy atom. The number of aromatic nitrogens is 3. The Kier molecular flexibility index (Phi) is 4.36. The average Bonchev–Trinajstić information content (AvgIpc) is 2.96. The van der Waals surface area contributed by atoms with Gasteiger partial charge in [0, 0.05) is 23.7 Å². The summed E-state index contributed by atoms with van der Waals surface area (Å²) in [5.41, 5.74) is 1.20. The van der Waals surface area contributed by atoms with Crippen molar-refractivity contribution >= 4 is 21.4 Å². The van der Waals surface area contributed by atoms with E-state index in [1.165, 1.54) is 28.0 Å². The Morgan fingerprint density at radius 2 is 2.12 bits per heavy atom. The number of benzene rings is 1. The molecule has 0 saturated carbocycles. The topological polar surface area (TPSA) is 59.3 Å².